The van der Waals surface area contributed by atoms with Gasteiger partial charge in [-0.25, -0.2) is 8.42 Å². The molecule has 0 fully saturated rings. The monoisotopic (exact) mass is 305 g/mol. The molecular weight excluding hydrogens is 286 g/mol. The van der Waals surface area contributed by atoms with Gasteiger partial charge in [0.1, 0.15) is 12.4 Å². The second-order valence-corrected chi connectivity index (χ2v) is 6.90. The standard InChI is InChI=1S/C16H19NO3S/c1-13-5-4-7-15(11-13)21(18,19)10-9-20-16-8-3-2-6-14(16)12-17/h2-8,11H,9-10,12,17H2,1H3. The average molecular weight is 305 g/mol. The summed E-state index contributed by atoms with van der Waals surface area (Å²) in [5, 5.41) is 0. The quantitative estimate of drug-likeness (QED) is 0.889. The molecule has 5 heteroatoms. The summed E-state index contributed by atoms with van der Waals surface area (Å²) in [5.41, 5.74) is 7.41. The maximum Gasteiger partial charge on any atom is 0.181 e. The first-order valence-corrected chi connectivity index (χ1v) is 8.38. The molecule has 2 N–H and O–H groups in total. The minimum Gasteiger partial charge on any atom is -0.492 e. The van der Waals surface area contributed by atoms with Gasteiger partial charge in [0.05, 0.1) is 10.6 Å². The van der Waals surface area contributed by atoms with E-state index in [-0.39, 0.29) is 12.4 Å². The third-order valence-corrected chi connectivity index (χ3v) is 4.83. The van der Waals surface area contributed by atoms with Crippen molar-refractivity contribution in [2.24, 2.45) is 5.73 Å². The van der Waals surface area contributed by atoms with Gasteiger partial charge in [-0.15, -0.1) is 0 Å². The lowest BCUT2D eigenvalue weighted by Crippen LogP contribution is -2.15. The number of sulfone groups is 1. The molecular formula is C16H19NO3S. The summed E-state index contributed by atoms with van der Waals surface area (Å²) < 4.78 is 30.0. The van der Waals surface area contributed by atoms with E-state index in [0.29, 0.717) is 17.2 Å². The van der Waals surface area contributed by atoms with E-state index in [1.165, 1.54) is 0 Å². The highest BCUT2D eigenvalue weighted by Gasteiger charge is 2.14. The van der Waals surface area contributed by atoms with Gasteiger partial charge in [0, 0.05) is 12.1 Å². The topological polar surface area (TPSA) is 69.4 Å². The molecule has 0 saturated carbocycles. The molecule has 0 aliphatic heterocycles. The first-order valence-electron chi connectivity index (χ1n) is 6.73. The molecule has 4 nitrogen and oxygen atoms in total. The number of nitrogens with two attached hydrogens (primary N) is 1. The zero-order chi connectivity index (χ0) is 15.3. The molecule has 2 aromatic carbocycles. The predicted molar refractivity (Wildman–Crippen MR) is 83.1 cm³/mol. The van der Waals surface area contributed by atoms with Gasteiger partial charge in [0.25, 0.3) is 0 Å². The minimum atomic E-state index is -3.33. The van der Waals surface area contributed by atoms with Crippen LogP contribution >= 0.6 is 0 Å². The Hall–Kier alpha value is -1.85. The van der Waals surface area contributed by atoms with Crippen LogP contribution in [0.15, 0.2) is 53.4 Å². The maximum atomic E-state index is 12.2. The molecule has 0 amide bonds. The van der Waals surface area contributed by atoms with Crippen molar-refractivity contribution in [2.75, 3.05) is 12.4 Å². The average Bonchev–Trinajstić information content (AvgIpc) is 2.47. The van der Waals surface area contributed by atoms with Crippen LogP contribution in [0.2, 0.25) is 0 Å². The molecule has 112 valence electrons. The summed E-state index contributed by atoms with van der Waals surface area (Å²) in [6.45, 7) is 2.33. The summed E-state index contributed by atoms with van der Waals surface area (Å²) in [5.74, 6) is 0.578. The van der Waals surface area contributed by atoms with Crippen LogP contribution in [-0.4, -0.2) is 20.8 Å². The van der Waals surface area contributed by atoms with Gasteiger partial charge in [-0.3, -0.25) is 0 Å². The lowest BCUT2D eigenvalue weighted by Gasteiger charge is -2.10. The number of hydrogen-bond acceptors (Lipinski definition) is 4. The maximum absolute atomic E-state index is 12.2. The van der Waals surface area contributed by atoms with E-state index in [9.17, 15) is 8.42 Å². The van der Waals surface area contributed by atoms with E-state index in [1.54, 1.807) is 24.3 Å². The van der Waals surface area contributed by atoms with Gasteiger partial charge in [-0.1, -0.05) is 30.3 Å². The van der Waals surface area contributed by atoms with Crippen molar-refractivity contribution in [2.45, 2.75) is 18.4 Å². The third kappa shape index (κ3) is 4.06. The molecule has 0 atom stereocenters. The second kappa shape index (κ2) is 6.74. The third-order valence-electron chi connectivity index (χ3n) is 3.15. The fraction of sp³-hybridized carbons (Fsp3) is 0.250. The van der Waals surface area contributed by atoms with E-state index in [2.05, 4.69) is 0 Å². The molecule has 21 heavy (non-hydrogen) atoms. The van der Waals surface area contributed by atoms with Gasteiger partial charge in [-0.05, 0) is 30.7 Å². The molecule has 2 rings (SSSR count). The fourth-order valence-corrected chi connectivity index (χ4v) is 3.19. The SMILES string of the molecule is Cc1cccc(S(=O)(=O)CCOc2ccccc2CN)c1. The van der Waals surface area contributed by atoms with Crippen LogP contribution < -0.4 is 10.5 Å². The highest BCUT2D eigenvalue weighted by atomic mass is 32.2. The minimum absolute atomic E-state index is 0.0602. The molecule has 2 aromatic rings. The largest absolute Gasteiger partial charge is 0.492 e. The number of ether oxygens (including phenoxy) is 1. The van der Waals surface area contributed by atoms with Gasteiger partial charge >= 0.3 is 0 Å². The van der Waals surface area contributed by atoms with Crippen LogP contribution in [0.25, 0.3) is 0 Å². The Morgan fingerprint density at radius 2 is 1.86 bits per heavy atom. The summed E-state index contributed by atoms with van der Waals surface area (Å²) in [6, 6.07) is 14.3. The smallest absolute Gasteiger partial charge is 0.181 e. The predicted octanol–water partition coefficient (Wildman–Crippen LogP) is 2.31. The molecule has 0 aliphatic rings. The van der Waals surface area contributed by atoms with Crippen LogP contribution in [-0.2, 0) is 16.4 Å². The van der Waals surface area contributed by atoms with E-state index in [0.717, 1.165) is 11.1 Å². The lowest BCUT2D eigenvalue weighted by molar-refractivity contribution is 0.337. The molecule has 0 bridgehead atoms. The number of hydrogen-bond donors (Lipinski definition) is 1. The lowest BCUT2D eigenvalue weighted by atomic mass is 10.2. The Morgan fingerprint density at radius 3 is 2.57 bits per heavy atom. The number of aryl methyl sites for hydroxylation is 1. The van der Waals surface area contributed by atoms with Crippen molar-refractivity contribution in [1.82, 2.24) is 0 Å². The highest BCUT2D eigenvalue weighted by Crippen LogP contribution is 2.18. The van der Waals surface area contributed by atoms with Crippen molar-refractivity contribution in [1.29, 1.82) is 0 Å². The van der Waals surface area contributed by atoms with Crippen molar-refractivity contribution in [3.8, 4) is 5.75 Å². The second-order valence-electron chi connectivity index (χ2n) is 4.80. The summed E-state index contributed by atoms with van der Waals surface area (Å²) >= 11 is 0. The normalized spacial score (nSPS) is 11.3. The first-order chi connectivity index (χ1) is 10.0. The molecule has 0 unspecified atom stereocenters. The molecule has 0 heterocycles. The summed E-state index contributed by atoms with van der Waals surface area (Å²) in [4.78, 5) is 0.332. The Labute approximate surface area is 125 Å². The van der Waals surface area contributed by atoms with Crippen LogP contribution in [0.4, 0.5) is 0 Å². The molecule has 0 spiro atoms. The van der Waals surface area contributed by atoms with Crippen LogP contribution in [0, 0.1) is 6.92 Å². The number of rotatable bonds is 6. The van der Waals surface area contributed by atoms with E-state index < -0.39 is 9.84 Å². The fourth-order valence-electron chi connectivity index (χ4n) is 2.00. The highest BCUT2D eigenvalue weighted by molar-refractivity contribution is 7.91. The Bertz CT molecular complexity index is 711. The molecule has 0 radical (unpaired) electrons. The number of benzene rings is 2. The Balaban J connectivity index is 2.03. The molecule has 0 aromatic heterocycles. The van der Waals surface area contributed by atoms with E-state index >= 15 is 0 Å². The molecule has 0 saturated heterocycles. The van der Waals surface area contributed by atoms with Gasteiger partial charge in [-0.2, -0.15) is 0 Å². The molecule has 0 aliphatic carbocycles. The van der Waals surface area contributed by atoms with Gasteiger partial charge < -0.3 is 10.5 Å². The summed E-state index contributed by atoms with van der Waals surface area (Å²) in [6.07, 6.45) is 0. The van der Waals surface area contributed by atoms with Gasteiger partial charge in [0.15, 0.2) is 9.84 Å². The zero-order valence-electron chi connectivity index (χ0n) is 12.0. The summed E-state index contributed by atoms with van der Waals surface area (Å²) in [7, 11) is -3.33. The first kappa shape index (κ1) is 15.5. The van der Waals surface area contributed by atoms with Gasteiger partial charge in [0.2, 0.25) is 0 Å². The Morgan fingerprint density at radius 1 is 1.10 bits per heavy atom. The number of para-hydroxylation sites is 1. The van der Waals surface area contributed by atoms with Crippen molar-refractivity contribution in [3.05, 3.63) is 59.7 Å². The zero-order valence-corrected chi connectivity index (χ0v) is 12.8. The van der Waals surface area contributed by atoms with Crippen LogP contribution in [0.3, 0.4) is 0 Å². The van der Waals surface area contributed by atoms with Crippen LogP contribution in [0.1, 0.15) is 11.1 Å². The van der Waals surface area contributed by atoms with Crippen LogP contribution in [0.5, 0.6) is 5.75 Å². The Kier molecular flexibility index (Phi) is 4.98. The van der Waals surface area contributed by atoms with E-state index in [4.69, 9.17) is 10.5 Å². The van der Waals surface area contributed by atoms with E-state index in [1.807, 2.05) is 31.2 Å². The van der Waals surface area contributed by atoms with Crippen molar-refractivity contribution < 1.29 is 13.2 Å². The van der Waals surface area contributed by atoms with Crippen molar-refractivity contribution >= 4 is 9.84 Å². The van der Waals surface area contributed by atoms with Crippen molar-refractivity contribution in [3.63, 3.8) is 0 Å².